The lowest BCUT2D eigenvalue weighted by atomic mass is 9.95. The first-order valence-electron chi connectivity index (χ1n) is 5.95. The van der Waals surface area contributed by atoms with Crippen LogP contribution >= 0.6 is 11.8 Å². The van der Waals surface area contributed by atoms with Crippen molar-refractivity contribution in [2.45, 2.75) is 23.3 Å². The Morgan fingerprint density at radius 1 is 1.50 bits per heavy atom. The summed E-state index contributed by atoms with van der Waals surface area (Å²) in [5.74, 6) is 0.348. The number of likely N-dealkylation sites (N-methyl/N-ethyl adjacent to an activating group) is 1. The highest BCUT2D eigenvalue weighted by molar-refractivity contribution is 7.99. The number of halogens is 1. The van der Waals surface area contributed by atoms with E-state index in [0.29, 0.717) is 11.7 Å². The third kappa shape index (κ3) is 2.67. The normalized spacial score (nSPS) is 18.3. The van der Waals surface area contributed by atoms with Gasteiger partial charge in [0.2, 0.25) is 5.91 Å². The smallest absolute Gasteiger partial charge is 0.238 e. The highest BCUT2D eigenvalue weighted by atomic mass is 32.2. The minimum absolute atomic E-state index is 0.253. The van der Waals surface area contributed by atoms with Gasteiger partial charge in [0.05, 0.1) is 0 Å². The maximum absolute atomic E-state index is 12.8. The predicted octanol–water partition coefficient (Wildman–Crippen LogP) is 1.77. The van der Waals surface area contributed by atoms with Gasteiger partial charge in [0.25, 0.3) is 0 Å². The molecular weight excluding hydrogens is 251 g/mol. The Bertz CT molecular complexity index is 433. The molecule has 0 radical (unpaired) electrons. The SMILES string of the molecule is CNC(CSc1ccc(F)cc1)(C(N)=O)C1CC1. The zero-order chi connectivity index (χ0) is 13.2. The standard InChI is InChI=1S/C13H17FN2OS/c1-16-13(12(15)17,9-2-3-9)8-18-11-6-4-10(14)5-7-11/h4-7,9,16H,2-3,8H2,1H3,(H2,15,17). The minimum atomic E-state index is -0.640. The molecule has 3 N–H and O–H groups in total. The summed E-state index contributed by atoms with van der Waals surface area (Å²) in [6, 6.07) is 6.28. The number of benzene rings is 1. The van der Waals surface area contributed by atoms with Crippen molar-refractivity contribution in [3.8, 4) is 0 Å². The van der Waals surface area contributed by atoms with Crippen molar-refractivity contribution in [1.82, 2.24) is 5.32 Å². The van der Waals surface area contributed by atoms with Gasteiger partial charge in [-0.05, 0) is 50.1 Å². The molecule has 18 heavy (non-hydrogen) atoms. The van der Waals surface area contributed by atoms with Crippen LogP contribution in [0.1, 0.15) is 12.8 Å². The van der Waals surface area contributed by atoms with Gasteiger partial charge in [-0.15, -0.1) is 11.8 Å². The van der Waals surface area contributed by atoms with E-state index < -0.39 is 5.54 Å². The lowest BCUT2D eigenvalue weighted by Gasteiger charge is -2.30. The molecule has 0 saturated heterocycles. The lowest BCUT2D eigenvalue weighted by Crippen LogP contribution is -2.57. The molecule has 1 saturated carbocycles. The molecule has 1 aliphatic rings. The van der Waals surface area contributed by atoms with E-state index in [9.17, 15) is 9.18 Å². The number of carbonyl (C=O) groups is 1. The Hall–Kier alpha value is -1.07. The molecule has 0 aliphatic heterocycles. The maximum Gasteiger partial charge on any atom is 0.238 e. The third-order valence-electron chi connectivity index (χ3n) is 3.44. The van der Waals surface area contributed by atoms with E-state index in [0.717, 1.165) is 17.7 Å². The van der Waals surface area contributed by atoms with E-state index in [1.165, 1.54) is 23.9 Å². The molecule has 1 aliphatic carbocycles. The molecule has 1 aromatic carbocycles. The van der Waals surface area contributed by atoms with Crippen LogP contribution in [0.4, 0.5) is 4.39 Å². The number of nitrogens with two attached hydrogens (primary N) is 1. The highest BCUT2D eigenvalue weighted by Gasteiger charge is 2.48. The highest BCUT2D eigenvalue weighted by Crippen LogP contribution is 2.42. The van der Waals surface area contributed by atoms with E-state index in [-0.39, 0.29) is 11.7 Å². The van der Waals surface area contributed by atoms with Crippen molar-refractivity contribution >= 4 is 17.7 Å². The molecule has 0 bridgehead atoms. The quantitative estimate of drug-likeness (QED) is 0.773. The van der Waals surface area contributed by atoms with E-state index in [4.69, 9.17) is 5.73 Å². The van der Waals surface area contributed by atoms with Crippen molar-refractivity contribution in [2.24, 2.45) is 11.7 Å². The first-order chi connectivity index (χ1) is 8.58. The van der Waals surface area contributed by atoms with Crippen LogP contribution in [-0.2, 0) is 4.79 Å². The molecular formula is C13H17FN2OS. The van der Waals surface area contributed by atoms with Crippen molar-refractivity contribution in [3.05, 3.63) is 30.1 Å². The average molecular weight is 268 g/mol. The van der Waals surface area contributed by atoms with Gasteiger partial charge >= 0.3 is 0 Å². The molecule has 0 spiro atoms. The van der Waals surface area contributed by atoms with Crippen molar-refractivity contribution in [1.29, 1.82) is 0 Å². The molecule has 3 nitrogen and oxygen atoms in total. The molecule has 1 amide bonds. The second-order valence-electron chi connectivity index (χ2n) is 4.60. The number of thioether (sulfide) groups is 1. The van der Waals surface area contributed by atoms with Crippen molar-refractivity contribution in [3.63, 3.8) is 0 Å². The summed E-state index contributed by atoms with van der Waals surface area (Å²) in [4.78, 5) is 12.6. The Labute approximate surface area is 110 Å². The first kappa shape index (κ1) is 13.4. The Morgan fingerprint density at radius 2 is 2.11 bits per heavy atom. The molecule has 1 fully saturated rings. The fourth-order valence-corrected chi connectivity index (χ4v) is 3.34. The summed E-state index contributed by atoms with van der Waals surface area (Å²) in [6.45, 7) is 0. The number of nitrogens with one attached hydrogen (secondary N) is 1. The molecule has 1 atom stereocenters. The molecule has 1 unspecified atom stereocenters. The van der Waals surface area contributed by atoms with Crippen LogP contribution in [0.15, 0.2) is 29.2 Å². The topological polar surface area (TPSA) is 55.1 Å². The monoisotopic (exact) mass is 268 g/mol. The zero-order valence-corrected chi connectivity index (χ0v) is 11.1. The molecule has 0 heterocycles. The minimum Gasteiger partial charge on any atom is -0.368 e. The second kappa shape index (κ2) is 5.28. The van der Waals surface area contributed by atoms with Gasteiger partial charge in [0.15, 0.2) is 0 Å². The fraction of sp³-hybridized carbons (Fsp3) is 0.462. The van der Waals surface area contributed by atoms with Crippen LogP contribution in [0.5, 0.6) is 0 Å². The largest absolute Gasteiger partial charge is 0.368 e. The van der Waals surface area contributed by atoms with Crippen LogP contribution in [-0.4, -0.2) is 24.2 Å². The summed E-state index contributed by atoms with van der Waals surface area (Å²) in [7, 11) is 1.77. The molecule has 0 aromatic heterocycles. The summed E-state index contributed by atoms with van der Waals surface area (Å²) in [5.41, 5.74) is 4.90. The summed E-state index contributed by atoms with van der Waals surface area (Å²) in [6.07, 6.45) is 2.07. The zero-order valence-electron chi connectivity index (χ0n) is 10.3. The van der Waals surface area contributed by atoms with Crippen molar-refractivity contribution in [2.75, 3.05) is 12.8 Å². The molecule has 2 rings (SSSR count). The van der Waals surface area contributed by atoms with Gasteiger partial charge in [-0.1, -0.05) is 0 Å². The molecule has 1 aromatic rings. The number of rotatable bonds is 6. The number of hydrogen-bond acceptors (Lipinski definition) is 3. The van der Waals surface area contributed by atoms with Crippen LogP contribution in [0.3, 0.4) is 0 Å². The summed E-state index contributed by atoms with van der Waals surface area (Å²) >= 11 is 1.53. The van der Waals surface area contributed by atoms with Gasteiger partial charge in [-0.3, -0.25) is 4.79 Å². The van der Waals surface area contributed by atoms with Gasteiger partial charge in [0.1, 0.15) is 11.4 Å². The summed E-state index contributed by atoms with van der Waals surface area (Å²) in [5, 5.41) is 3.09. The number of carbonyl (C=O) groups excluding carboxylic acids is 1. The average Bonchev–Trinajstić information content (AvgIpc) is 3.17. The Balaban J connectivity index is 2.06. The van der Waals surface area contributed by atoms with E-state index in [1.807, 2.05) is 0 Å². The van der Waals surface area contributed by atoms with Crippen LogP contribution < -0.4 is 11.1 Å². The van der Waals surface area contributed by atoms with E-state index in [2.05, 4.69) is 5.32 Å². The molecule has 98 valence electrons. The van der Waals surface area contributed by atoms with Crippen LogP contribution in [0.2, 0.25) is 0 Å². The maximum atomic E-state index is 12.8. The van der Waals surface area contributed by atoms with Gasteiger partial charge in [-0.25, -0.2) is 4.39 Å². The van der Waals surface area contributed by atoms with Gasteiger partial charge in [0, 0.05) is 10.6 Å². The number of primary amides is 1. The van der Waals surface area contributed by atoms with Gasteiger partial charge in [-0.2, -0.15) is 0 Å². The summed E-state index contributed by atoms with van der Waals surface area (Å²) < 4.78 is 12.8. The second-order valence-corrected chi connectivity index (χ2v) is 5.65. The lowest BCUT2D eigenvalue weighted by molar-refractivity contribution is -0.124. The van der Waals surface area contributed by atoms with E-state index >= 15 is 0 Å². The van der Waals surface area contributed by atoms with Crippen LogP contribution in [0, 0.1) is 11.7 Å². The first-order valence-corrected chi connectivity index (χ1v) is 6.94. The number of amides is 1. The third-order valence-corrected chi connectivity index (χ3v) is 4.65. The van der Waals surface area contributed by atoms with Crippen LogP contribution in [0.25, 0.3) is 0 Å². The molecule has 5 heteroatoms. The number of hydrogen-bond donors (Lipinski definition) is 2. The Morgan fingerprint density at radius 3 is 2.56 bits per heavy atom. The van der Waals surface area contributed by atoms with E-state index in [1.54, 1.807) is 19.2 Å². The fourth-order valence-electron chi connectivity index (χ4n) is 2.09. The van der Waals surface area contributed by atoms with Crippen molar-refractivity contribution < 1.29 is 9.18 Å². The predicted molar refractivity (Wildman–Crippen MR) is 70.8 cm³/mol. The van der Waals surface area contributed by atoms with Gasteiger partial charge < -0.3 is 11.1 Å². The Kier molecular flexibility index (Phi) is 3.92.